The topological polar surface area (TPSA) is 73.9 Å². The summed E-state index contributed by atoms with van der Waals surface area (Å²) in [6.07, 6.45) is 2.65. The number of halogens is 2. The minimum absolute atomic E-state index is 0.0414. The third-order valence-corrected chi connectivity index (χ3v) is 3.70. The maximum absolute atomic E-state index is 13.0. The first-order valence-corrected chi connectivity index (χ1v) is 8.12. The predicted octanol–water partition coefficient (Wildman–Crippen LogP) is 3.69. The molecule has 6 nitrogen and oxygen atoms in total. The van der Waals surface area contributed by atoms with E-state index in [4.69, 9.17) is 25.8 Å². The van der Waals surface area contributed by atoms with Crippen molar-refractivity contribution >= 4 is 35.2 Å². The standard InChI is InChI=1S/C19H17ClFNO5/c1-25-14-5-7-17(26-2)12(9-14)3-8-19(24)27-11-18(23)22-16-6-4-13(21)10-15(16)20/h3-10H,11H2,1-2H3,(H,22,23)/b8-3+. The minimum Gasteiger partial charge on any atom is -0.497 e. The molecular weight excluding hydrogens is 377 g/mol. The van der Waals surface area contributed by atoms with Gasteiger partial charge in [0.15, 0.2) is 6.61 Å². The van der Waals surface area contributed by atoms with Crippen molar-refractivity contribution in [2.45, 2.75) is 0 Å². The van der Waals surface area contributed by atoms with Gasteiger partial charge in [-0.15, -0.1) is 0 Å². The normalized spacial score (nSPS) is 10.5. The number of methoxy groups -OCH3 is 2. The number of anilines is 1. The molecule has 8 heteroatoms. The zero-order valence-electron chi connectivity index (χ0n) is 14.6. The van der Waals surface area contributed by atoms with Crippen molar-refractivity contribution in [3.8, 4) is 11.5 Å². The summed E-state index contributed by atoms with van der Waals surface area (Å²) >= 11 is 5.81. The number of carbonyl (C=O) groups is 2. The summed E-state index contributed by atoms with van der Waals surface area (Å²) < 4.78 is 28.2. The Morgan fingerprint density at radius 3 is 2.59 bits per heavy atom. The summed E-state index contributed by atoms with van der Waals surface area (Å²) in [6, 6.07) is 8.63. The maximum atomic E-state index is 13.0. The highest BCUT2D eigenvalue weighted by Gasteiger charge is 2.09. The van der Waals surface area contributed by atoms with Gasteiger partial charge in [0.1, 0.15) is 17.3 Å². The second kappa shape index (κ2) is 9.59. The third kappa shape index (κ3) is 6.00. The molecule has 0 aliphatic carbocycles. The molecular formula is C19H17ClFNO5. The average Bonchev–Trinajstić information content (AvgIpc) is 2.66. The van der Waals surface area contributed by atoms with Crippen molar-refractivity contribution in [1.29, 1.82) is 0 Å². The Balaban J connectivity index is 1.92. The monoisotopic (exact) mass is 393 g/mol. The summed E-state index contributed by atoms with van der Waals surface area (Å²) in [5, 5.41) is 2.47. The molecule has 0 saturated carbocycles. The van der Waals surface area contributed by atoms with E-state index in [9.17, 15) is 14.0 Å². The molecule has 0 bridgehead atoms. The molecule has 0 heterocycles. The van der Waals surface area contributed by atoms with Crippen LogP contribution < -0.4 is 14.8 Å². The first-order chi connectivity index (χ1) is 12.9. The summed E-state index contributed by atoms with van der Waals surface area (Å²) in [5.41, 5.74) is 0.826. The molecule has 0 saturated heterocycles. The molecule has 1 N–H and O–H groups in total. The Morgan fingerprint density at radius 2 is 1.93 bits per heavy atom. The number of amides is 1. The summed E-state index contributed by atoms with van der Waals surface area (Å²) in [6.45, 7) is -0.522. The summed E-state index contributed by atoms with van der Waals surface area (Å²) in [7, 11) is 3.03. The number of rotatable bonds is 7. The van der Waals surface area contributed by atoms with Crippen LogP contribution in [-0.2, 0) is 14.3 Å². The lowest BCUT2D eigenvalue weighted by Gasteiger charge is -2.08. The van der Waals surface area contributed by atoms with Crippen LogP contribution >= 0.6 is 11.6 Å². The first kappa shape index (κ1) is 20.3. The average molecular weight is 394 g/mol. The van der Waals surface area contributed by atoms with Crippen LogP contribution in [0.3, 0.4) is 0 Å². The maximum Gasteiger partial charge on any atom is 0.331 e. The van der Waals surface area contributed by atoms with Gasteiger partial charge in [-0.25, -0.2) is 9.18 Å². The van der Waals surface area contributed by atoms with E-state index in [0.29, 0.717) is 17.1 Å². The molecule has 0 aliphatic heterocycles. The van der Waals surface area contributed by atoms with Crippen molar-refractivity contribution < 1.29 is 28.2 Å². The van der Waals surface area contributed by atoms with Crippen molar-refractivity contribution in [2.24, 2.45) is 0 Å². The fraction of sp³-hybridized carbons (Fsp3) is 0.158. The van der Waals surface area contributed by atoms with Gasteiger partial charge in [0, 0.05) is 11.6 Å². The Hall–Kier alpha value is -3.06. The Labute approximate surface area is 160 Å². The van der Waals surface area contributed by atoms with Gasteiger partial charge in [-0.1, -0.05) is 11.6 Å². The van der Waals surface area contributed by atoms with Gasteiger partial charge >= 0.3 is 5.97 Å². The van der Waals surface area contributed by atoms with E-state index >= 15 is 0 Å². The van der Waals surface area contributed by atoms with Crippen LogP contribution in [0.15, 0.2) is 42.5 Å². The van der Waals surface area contributed by atoms with Crippen molar-refractivity contribution in [3.63, 3.8) is 0 Å². The molecule has 0 fully saturated rings. The zero-order valence-corrected chi connectivity index (χ0v) is 15.4. The zero-order chi connectivity index (χ0) is 19.8. The number of carbonyl (C=O) groups excluding carboxylic acids is 2. The van der Waals surface area contributed by atoms with Crippen LogP contribution in [-0.4, -0.2) is 32.7 Å². The number of esters is 1. The Bertz CT molecular complexity index is 869. The van der Waals surface area contributed by atoms with Gasteiger partial charge in [0.05, 0.1) is 24.9 Å². The lowest BCUT2D eigenvalue weighted by molar-refractivity contribution is -0.142. The third-order valence-electron chi connectivity index (χ3n) is 3.39. The SMILES string of the molecule is COc1ccc(OC)c(/C=C/C(=O)OCC(=O)Nc2ccc(F)cc2Cl)c1. The number of hydrogen-bond donors (Lipinski definition) is 1. The number of benzene rings is 2. The fourth-order valence-corrected chi connectivity index (χ4v) is 2.30. The van der Waals surface area contributed by atoms with E-state index in [-0.39, 0.29) is 10.7 Å². The van der Waals surface area contributed by atoms with Gasteiger partial charge in [0.25, 0.3) is 5.91 Å². The smallest absolute Gasteiger partial charge is 0.331 e. The van der Waals surface area contributed by atoms with Crippen molar-refractivity contribution in [2.75, 3.05) is 26.1 Å². The largest absolute Gasteiger partial charge is 0.497 e. The van der Waals surface area contributed by atoms with Crippen molar-refractivity contribution in [1.82, 2.24) is 0 Å². The van der Waals surface area contributed by atoms with E-state index < -0.39 is 24.3 Å². The fourth-order valence-electron chi connectivity index (χ4n) is 2.09. The number of ether oxygens (including phenoxy) is 3. The summed E-state index contributed by atoms with van der Waals surface area (Å²) in [4.78, 5) is 23.6. The van der Waals surface area contributed by atoms with Crippen molar-refractivity contribution in [3.05, 3.63) is 58.9 Å². The molecule has 0 radical (unpaired) electrons. The number of hydrogen-bond acceptors (Lipinski definition) is 5. The second-order valence-electron chi connectivity index (χ2n) is 5.22. The van der Waals surface area contributed by atoms with E-state index in [1.54, 1.807) is 18.2 Å². The minimum atomic E-state index is -0.722. The molecule has 0 atom stereocenters. The Morgan fingerprint density at radius 1 is 1.15 bits per heavy atom. The molecule has 0 aliphatic rings. The molecule has 27 heavy (non-hydrogen) atoms. The van der Waals surface area contributed by atoms with E-state index in [2.05, 4.69) is 5.32 Å². The van der Waals surface area contributed by atoms with Crippen LogP contribution in [0.1, 0.15) is 5.56 Å². The predicted molar refractivity (Wildman–Crippen MR) is 99.6 cm³/mol. The van der Waals surface area contributed by atoms with Crippen LogP contribution in [0.2, 0.25) is 5.02 Å². The van der Waals surface area contributed by atoms with Gasteiger partial charge < -0.3 is 19.5 Å². The lowest BCUT2D eigenvalue weighted by atomic mass is 10.1. The van der Waals surface area contributed by atoms with Gasteiger partial charge in [-0.3, -0.25) is 4.79 Å². The highest BCUT2D eigenvalue weighted by molar-refractivity contribution is 6.33. The van der Waals surface area contributed by atoms with Gasteiger partial charge in [-0.05, 0) is 42.5 Å². The molecule has 0 unspecified atom stereocenters. The molecule has 2 aromatic carbocycles. The molecule has 142 valence electrons. The van der Waals surface area contributed by atoms with E-state index in [1.807, 2.05) is 0 Å². The highest BCUT2D eigenvalue weighted by atomic mass is 35.5. The molecule has 2 aromatic rings. The molecule has 0 aromatic heterocycles. The van der Waals surface area contributed by atoms with E-state index in [0.717, 1.165) is 18.2 Å². The second-order valence-corrected chi connectivity index (χ2v) is 5.63. The Kier molecular flexibility index (Phi) is 7.19. The number of nitrogens with one attached hydrogen (secondary N) is 1. The molecule has 0 spiro atoms. The van der Waals surface area contributed by atoms with Crippen LogP contribution in [0, 0.1) is 5.82 Å². The highest BCUT2D eigenvalue weighted by Crippen LogP contribution is 2.25. The molecule has 1 amide bonds. The van der Waals surface area contributed by atoms with Crippen LogP contribution in [0.4, 0.5) is 10.1 Å². The van der Waals surface area contributed by atoms with Crippen LogP contribution in [0.5, 0.6) is 11.5 Å². The first-order valence-electron chi connectivity index (χ1n) is 7.74. The van der Waals surface area contributed by atoms with E-state index in [1.165, 1.54) is 26.4 Å². The quantitative estimate of drug-likeness (QED) is 0.573. The summed E-state index contributed by atoms with van der Waals surface area (Å²) in [5.74, 6) is -0.713. The molecule has 2 rings (SSSR count). The van der Waals surface area contributed by atoms with Crippen LogP contribution in [0.25, 0.3) is 6.08 Å². The van der Waals surface area contributed by atoms with Gasteiger partial charge in [-0.2, -0.15) is 0 Å². The van der Waals surface area contributed by atoms with Gasteiger partial charge in [0.2, 0.25) is 0 Å². The lowest BCUT2D eigenvalue weighted by Crippen LogP contribution is -2.20.